The number of hydrogen-bond donors (Lipinski definition) is 2. The minimum atomic E-state index is -1.88. The molecule has 2 amide bonds. The van der Waals surface area contributed by atoms with Crippen LogP contribution in [-0.4, -0.2) is 26.6 Å². The molecule has 1 saturated carbocycles. The molecule has 4 N–H and O–H groups in total. The van der Waals surface area contributed by atoms with E-state index in [9.17, 15) is 18.4 Å². The summed E-state index contributed by atoms with van der Waals surface area (Å²) >= 11 is 0. The van der Waals surface area contributed by atoms with Crippen LogP contribution in [0.15, 0.2) is 42.9 Å². The highest BCUT2D eigenvalue weighted by molar-refractivity contribution is 6.08. The molecule has 11 heteroatoms. The molecular formula is C25H20F3N5O3. The monoisotopic (exact) mass is 495 g/mol. The Morgan fingerprint density at radius 2 is 1.86 bits per heavy atom. The number of nitrogens with two attached hydrogens (primary N) is 2. The van der Waals surface area contributed by atoms with Gasteiger partial charge in [-0.3, -0.25) is 19.3 Å². The van der Waals surface area contributed by atoms with Crippen molar-refractivity contribution in [3.8, 4) is 22.6 Å². The highest BCUT2D eigenvalue weighted by atomic mass is 19.2. The van der Waals surface area contributed by atoms with Gasteiger partial charge in [0.2, 0.25) is 23.4 Å². The van der Waals surface area contributed by atoms with Gasteiger partial charge in [-0.25, -0.2) is 8.78 Å². The molecule has 0 aliphatic heterocycles. The number of halogens is 3. The summed E-state index contributed by atoms with van der Waals surface area (Å²) in [5.74, 6) is -8.51. The van der Waals surface area contributed by atoms with Gasteiger partial charge in [0, 0.05) is 36.3 Å². The molecule has 2 heterocycles. The van der Waals surface area contributed by atoms with E-state index in [-0.39, 0.29) is 12.2 Å². The van der Waals surface area contributed by atoms with E-state index < -0.39 is 51.9 Å². The summed E-state index contributed by atoms with van der Waals surface area (Å²) in [6.45, 7) is 1.85. The van der Waals surface area contributed by atoms with Gasteiger partial charge >= 0.3 is 0 Å². The average molecular weight is 495 g/mol. The molecule has 1 unspecified atom stereocenters. The number of fused-ring (bicyclic) bond motifs is 1. The van der Waals surface area contributed by atoms with E-state index in [0.717, 1.165) is 16.7 Å². The zero-order valence-corrected chi connectivity index (χ0v) is 19.2. The number of pyridine rings is 1. The number of carbonyl (C=O) groups excluding carboxylic acids is 2. The Kier molecular flexibility index (Phi) is 5.24. The number of nitrogens with zero attached hydrogens (tertiary/aromatic N) is 3. The van der Waals surface area contributed by atoms with Gasteiger partial charge in [-0.15, -0.1) is 0 Å². The number of rotatable bonds is 6. The predicted octanol–water partition coefficient (Wildman–Crippen LogP) is 3.60. The van der Waals surface area contributed by atoms with Crippen molar-refractivity contribution < 1.29 is 27.5 Å². The molecule has 1 atom stereocenters. The first-order valence-electron chi connectivity index (χ1n) is 10.9. The van der Waals surface area contributed by atoms with Crippen LogP contribution >= 0.6 is 0 Å². The highest BCUT2D eigenvalue weighted by Gasteiger charge is 2.65. The van der Waals surface area contributed by atoms with E-state index in [1.807, 2.05) is 13.1 Å². The Labute approximate surface area is 202 Å². The fourth-order valence-corrected chi connectivity index (χ4v) is 4.59. The number of benzene rings is 2. The van der Waals surface area contributed by atoms with E-state index in [4.69, 9.17) is 16.2 Å². The van der Waals surface area contributed by atoms with Gasteiger partial charge in [-0.1, -0.05) is 0 Å². The predicted molar refractivity (Wildman–Crippen MR) is 123 cm³/mol. The van der Waals surface area contributed by atoms with Crippen LogP contribution in [0.3, 0.4) is 0 Å². The largest absolute Gasteiger partial charge is 0.450 e. The number of hydrogen-bond acceptors (Lipinski definition) is 5. The lowest BCUT2D eigenvalue weighted by atomic mass is 9.97. The second kappa shape index (κ2) is 8.08. The van der Waals surface area contributed by atoms with Gasteiger partial charge in [-0.05, 0) is 54.3 Å². The van der Waals surface area contributed by atoms with Crippen molar-refractivity contribution >= 4 is 22.7 Å². The van der Waals surface area contributed by atoms with Crippen molar-refractivity contribution in [1.82, 2.24) is 14.8 Å². The molecule has 0 radical (unpaired) electrons. The molecule has 4 aromatic rings. The van der Waals surface area contributed by atoms with Crippen molar-refractivity contribution in [2.45, 2.75) is 19.3 Å². The maximum absolute atomic E-state index is 15.0. The van der Waals surface area contributed by atoms with Crippen molar-refractivity contribution in [2.75, 3.05) is 0 Å². The molecule has 8 nitrogen and oxygen atoms in total. The fourth-order valence-electron chi connectivity index (χ4n) is 4.59. The van der Waals surface area contributed by atoms with Crippen LogP contribution in [0.2, 0.25) is 0 Å². The van der Waals surface area contributed by atoms with Gasteiger partial charge in [-0.2, -0.15) is 9.49 Å². The smallest absolute Gasteiger partial charge is 0.233 e. The molecule has 0 bridgehead atoms. The summed E-state index contributed by atoms with van der Waals surface area (Å²) in [4.78, 5) is 27.8. The lowest BCUT2D eigenvalue weighted by molar-refractivity contribution is -0.133. The molecule has 2 aromatic carbocycles. The topological polar surface area (TPSA) is 126 Å². The molecule has 0 saturated heterocycles. The van der Waals surface area contributed by atoms with Crippen LogP contribution in [0.5, 0.6) is 11.5 Å². The average Bonchev–Trinajstić information content (AvgIpc) is 3.46. The summed E-state index contributed by atoms with van der Waals surface area (Å²) < 4.78 is 52.2. The van der Waals surface area contributed by atoms with E-state index >= 15 is 4.39 Å². The first-order valence-corrected chi connectivity index (χ1v) is 10.9. The zero-order valence-electron chi connectivity index (χ0n) is 19.2. The summed E-state index contributed by atoms with van der Waals surface area (Å²) in [5.41, 5.74) is 11.2. The number of primary amides is 2. The Balaban J connectivity index is 1.54. The van der Waals surface area contributed by atoms with E-state index in [1.165, 1.54) is 12.3 Å². The van der Waals surface area contributed by atoms with Gasteiger partial charge in [0.05, 0.1) is 11.7 Å². The molecule has 1 aliphatic rings. The van der Waals surface area contributed by atoms with E-state index in [0.29, 0.717) is 17.0 Å². The Bertz CT molecular complexity index is 1570. The van der Waals surface area contributed by atoms with Crippen molar-refractivity contribution in [3.05, 3.63) is 71.4 Å². The maximum atomic E-state index is 15.0. The van der Waals surface area contributed by atoms with Gasteiger partial charge in [0.15, 0.2) is 11.6 Å². The zero-order chi connectivity index (χ0) is 25.9. The first kappa shape index (κ1) is 23.3. The third-order valence-electron chi connectivity index (χ3n) is 6.64. The van der Waals surface area contributed by atoms with Gasteiger partial charge < -0.3 is 16.2 Å². The summed E-state index contributed by atoms with van der Waals surface area (Å²) in [5, 5.41) is 4.62. The molecule has 2 aromatic heterocycles. The van der Waals surface area contributed by atoms with E-state index in [2.05, 4.69) is 10.1 Å². The maximum Gasteiger partial charge on any atom is 0.233 e. The third-order valence-corrected chi connectivity index (χ3v) is 6.64. The molecular weight excluding hydrogens is 475 g/mol. The number of carbonyl (C=O) groups is 2. The second-order valence-electron chi connectivity index (χ2n) is 8.86. The lowest BCUT2D eigenvalue weighted by Gasteiger charge is -2.15. The van der Waals surface area contributed by atoms with Gasteiger partial charge in [0.1, 0.15) is 11.2 Å². The Morgan fingerprint density at radius 3 is 2.47 bits per heavy atom. The normalized spacial score (nSPS) is 16.2. The Hall–Kier alpha value is -4.41. The standard InChI is InChI=1S/C25H20F3N5O3/c1-11-5-15-18(7-13(11)12-9-32-33(2)10-12)31-4-3-19(15)36-22-17(26)6-14(20(27)21(22)28)16-8-25(16,23(29)34)24(30)35/h3-7,9-10,16H,8H2,1-2H3,(H2,29,34)(H2,30,35). The van der Waals surface area contributed by atoms with Crippen molar-refractivity contribution in [1.29, 1.82) is 0 Å². The molecule has 5 rings (SSSR count). The summed E-state index contributed by atoms with van der Waals surface area (Å²) in [7, 11) is 1.79. The first-order chi connectivity index (χ1) is 17.0. The van der Waals surface area contributed by atoms with Gasteiger partial charge in [0.25, 0.3) is 0 Å². The van der Waals surface area contributed by atoms with Crippen LogP contribution in [-0.2, 0) is 16.6 Å². The van der Waals surface area contributed by atoms with Crippen LogP contribution in [0.1, 0.15) is 23.5 Å². The molecule has 36 heavy (non-hydrogen) atoms. The van der Waals surface area contributed by atoms with Crippen LogP contribution in [0, 0.1) is 29.8 Å². The number of aromatic nitrogens is 3. The van der Waals surface area contributed by atoms with Crippen LogP contribution in [0.25, 0.3) is 22.0 Å². The lowest BCUT2D eigenvalue weighted by Crippen LogP contribution is -2.38. The van der Waals surface area contributed by atoms with E-state index in [1.54, 1.807) is 30.1 Å². The minimum absolute atomic E-state index is 0.0563. The number of ether oxygens (including phenoxy) is 1. The SMILES string of the molecule is Cc1cc2c(Oc3c(F)cc(C4CC4(C(N)=O)C(N)=O)c(F)c3F)ccnc2cc1-c1cnn(C)c1. The quantitative estimate of drug-likeness (QED) is 0.312. The summed E-state index contributed by atoms with van der Waals surface area (Å²) in [6.07, 6.45) is 4.71. The third kappa shape index (κ3) is 3.46. The van der Waals surface area contributed by atoms with Crippen LogP contribution in [0.4, 0.5) is 13.2 Å². The molecule has 184 valence electrons. The number of aryl methyl sites for hydroxylation is 2. The summed E-state index contributed by atoms with van der Waals surface area (Å²) in [6, 6.07) is 5.65. The minimum Gasteiger partial charge on any atom is -0.450 e. The molecule has 1 fully saturated rings. The second-order valence-corrected chi connectivity index (χ2v) is 8.86. The highest BCUT2D eigenvalue weighted by Crippen LogP contribution is 2.60. The molecule has 1 aliphatic carbocycles. The molecule has 0 spiro atoms. The van der Waals surface area contributed by atoms with Crippen molar-refractivity contribution in [3.63, 3.8) is 0 Å². The fraction of sp³-hybridized carbons (Fsp3) is 0.200. The van der Waals surface area contributed by atoms with Crippen molar-refractivity contribution in [2.24, 2.45) is 23.9 Å². The van der Waals surface area contributed by atoms with Crippen LogP contribution < -0.4 is 16.2 Å². The number of amides is 2. The Morgan fingerprint density at radius 1 is 1.14 bits per heavy atom.